The molecule has 0 bridgehead atoms. The number of hydrogen-bond acceptors (Lipinski definition) is 2. The summed E-state index contributed by atoms with van der Waals surface area (Å²) in [4.78, 5) is 9.34. The molecule has 0 saturated carbocycles. The number of nitrogens with zero attached hydrogens (tertiary/aromatic N) is 3. The molecule has 0 aliphatic heterocycles. The third-order valence-corrected chi connectivity index (χ3v) is 5.91. The molecule has 0 N–H and O–H groups in total. The Balaban J connectivity index is 1.73. The summed E-state index contributed by atoms with van der Waals surface area (Å²) in [6, 6.07) is 26.1. The second-order valence-corrected chi connectivity index (χ2v) is 7.76. The fourth-order valence-corrected chi connectivity index (χ4v) is 4.43. The minimum Gasteiger partial charge on any atom is -0.328 e. The Hall–Kier alpha value is -3.72. The van der Waals surface area contributed by atoms with Gasteiger partial charge in [0.15, 0.2) is 0 Å². The average Bonchev–Trinajstić information content (AvgIpc) is 3.03. The molecule has 0 aliphatic rings. The third kappa shape index (κ3) is 2.37. The number of fused-ring (bicyclic) bond motifs is 5. The normalized spacial score (nSPS) is 11.8. The van der Waals surface area contributed by atoms with E-state index in [9.17, 15) is 0 Å². The van der Waals surface area contributed by atoms with Gasteiger partial charge in [-0.15, -0.1) is 0 Å². The van der Waals surface area contributed by atoms with Gasteiger partial charge in [-0.1, -0.05) is 60.2 Å². The van der Waals surface area contributed by atoms with Crippen LogP contribution < -0.4 is 0 Å². The standard InChI is InChI=1S/C26H19N3/c1-16-7-8-19-13-22-23(14-21(19)11-16)29(2)26-24(22)25(27-15-28-26)20-10-9-17-5-3-4-6-18(17)12-20/h3-15H,1-2H3. The van der Waals surface area contributed by atoms with E-state index < -0.39 is 0 Å². The number of aryl methyl sites for hydroxylation is 2. The van der Waals surface area contributed by atoms with Crippen molar-refractivity contribution in [1.82, 2.24) is 14.5 Å². The van der Waals surface area contributed by atoms with Crippen molar-refractivity contribution < 1.29 is 0 Å². The Bertz CT molecular complexity index is 1570. The topological polar surface area (TPSA) is 30.7 Å². The van der Waals surface area contributed by atoms with Crippen molar-refractivity contribution >= 4 is 43.5 Å². The van der Waals surface area contributed by atoms with Crippen molar-refractivity contribution in [3.63, 3.8) is 0 Å². The van der Waals surface area contributed by atoms with E-state index in [1.54, 1.807) is 6.33 Å². The molecule has 0 radical (unpaired) electrons. The van der Waals surface area contributed by atoms with E-state index >= 15 is 0 Å². The van der Waals surface area contributed by atoms with E-state index in [2.05, 4.69) is 96.3 Å². The van der Waals surface area contributed by atoms with Gasteiger partial charge in [0.05, 0.1) is 16.6 Å². The Morgan fingerprint density at radius 3 is 2.41 bits per heavy atom. The first-order chi connectivity index (χ1) is 14.2. The summed E-state index contributed by atoms with van der Waals surface area (Å²) in [7, 11) is 2.09. The van der Waals surface area contributed by atoms with Gasteiger partial charge in [0.2, 0.25) is 0 Å². The van der Waals surface area contributed by atoms with Gasteiger partial charge < -0.3 is 4.57 Å². The maximum Gasteiger partial charge on any atom is 0.144 e. The Kier molecular flexibility index (Phi) is 3.30. The first-order valence-electron chi connectivity index (χ1n) is 9.82. The zero-order valence-electron chi connectivity index (χ0n) is 16.3. The van der Waals surface area contributed by atoms with Crippen molar-refractivity contribution in [2.24, 2.45) is 7.05 Å². The maximum atomic E-state index is 4.72. The molecule has 2 aromatic heterocycles. The molecule has 0 fully saturated rings. The summed E-state index contributed by atoms with van der Waals surface area (Å²) in [5, 5.41) is 7.26. The Morgan fingerprint density at radius 2 is 1.52 bits per heavy atom. The molecule has 0 amide bonds. The highest BCUT2D eigenvalue weighted by molar-refractivity contribution is 6.16. The number of aromatic nitrogens is 3. The van der Waals surface area contributed by atoms with Crippen molar-refractivity contribution in [3.8, 4) is 11.3 Å². The largest absolute Gasteiger partial charge is 0.328 e. The van der Waals surface area contributed by atoms with E-state index in [4.69, 9.17) is 4.98 Å². The fourth-order valence-electron chi connectivity index (χ4n) is 4.43. The van der Waals surface area contributed by atoms with Crippen LogP contribution in [0, 0.1) is 6.92 Å². The van der Waals surface area contributed by atoms with Crippen LogP contribution in [0.5, 0.6) is 0 Å². The zero-order valence-corrected chi connectivity index (χ0v) is 16.3. The van der Waals surface area contributed by atoms with Crippen LogP contribution in [0.4, 0.5) is 0 Å². The molecule has 0 saturated heterocycles. The van der Waals surface area contributed by atoms with Crippen LogP contribution in [0.2, 0.25) is 0 Å². The lowest BCUT2D eigenvalue weighted by Gasteiger charge is -2.06. The highest BCUT2D eigenvalue weighted by atomic mass is 15.0. The second kappa shape index (κ2) is 5.89. The molecular formula is C26H19N3. The molecule has 4 aromatic carbocycles. The van der Waals surface area contributed by atoms with Crippen LogP contribution in [-0.4, -0.2) is 14.5 Å². The lowest BCUT2D eigenvalue weighted by atomic mass is 10.0. The molecule has 3 heteroatoms. The van der Waals surface area contributed by atoms with Crippen LogP contribution in [-0.2, 0) is 7.05 Å². The summed E-state index contributed by atoms with van der Waals surface area (Å²) in [5.41, 5.74) is 5.52. The first-order valence-corrected chi connectivity index (χ1v) is 9.82. The van der Waals surface area contributed by atoms with Gasteiger partial charge in [0.1, 0.15) is 12.0 Å². The third-order valence-electron chi connectivity index (χ3n) is 5.91. The highest BCUT2D eigenvalue weighted by Crippen LogP contribution is 2.36. The lowest BCUT2D eigenvalue weighted by molar-refractivity contribution is 0.983. The van der Waals surface area contributed by atoms with Crippen molar-refractivity contribution in [1.29, 1.82) is 0 Å². The predicted molar refractivity (Wildman–Crippen MR) is 121 cm³/mol. The van der Waals surface area contributed by atoms with Crippen LogP contribution in [0.1, 0.15) is 5.56 Å². The van der Waals surface area contributed by atoms with Crippen molar-refractivity contribution in [2.75, 3.05) is 0 Å². The van der Waals surface area contributed by atoms with Gasteiger partial charge in [0.25, 0.3) is 0 Å². The smallest absolute Gasteiger partial charge is 0.144 e. The SMILES string of the molecule is Cc1ccc2cc3c4c(-c5ccc6ccccc6c5)ncnc4n(C)c3cc2c1. The Labute approximate surface area is 168 Å². The highest BCUT2D eigenvalue weighted by Gasteiger charge is 2.16. The number of hydrogen-bond donors (Lipinski definition) is 0. The molecule has 6 rings (SSSR count). The summed E-state index contributed by atoms with van der Waals surface area (Å²) < 4.78 is 2.18. The van der Waals surface area contributed by atoms with Crippen LogP contribution >= 0.6 is 0 Å². The van der Waals surface area contributed by atoms with Crippen LogP contribution in [0.25, 0.3) is 54.7 Å². The molecule has 138 valence electrons. The summed E-state index contributed by atoms with van der Waals surface area (Å²) >= 11 is 0. The predicted octanol–water partition coefficient (Wildman–Crippen LogP) is 6.40. The van der Waals surface area contributed by atoms with Gasteiger partial charge >= 0.3 is 0 Å². The van der Waals surface area contributed by atoms with E-state index in [0.29, 0.717) is 0 Å². The molecule has 0 unspecified atom stereocenters. The van der Waals surface area contributed by atoms with E-state index in [0.717, 1.165) is 22.3 Å². The van der Waals surface area contributed by atoms with Crippen LogP contribution in [0.3, 0.4) is 0 Å². The van der Waals surface area contributed by atoms with Gasteiger partial charge in [-0.25, -0.2) is 9.97 Å². The van der Waals surface area contributed by atoms with E-state index in [-0.39, 0.29) is 0 Å². The molecule has 0 spiro atoms. The quantitative estimate of drug-likeness (QED) is 0.334. The molecule has 29 heavy (non-hydrogen) atoms. The maximum absolute atomic E-state index is 4.72. The summed E-state index contributed by atoms with van der Waals surface area (Å²) in [6.07, 6.45) is 1.68. The van der Waals surface area contributed by atoms with Gasteiger partial charge in [-0.3, -0.25) is 0 Å². The monoisotopic (exact) mass is 373 g/mol. The molecule has 0 atom stereocenters. The fraction of sp³-hybridized carbons (Fsp3) is 0.0769. The summed E-state index contributed by atoms with van der Waals surface area (Å²) in [5.74, 6) is 0. The van der Waals surface area contributed by atoms with E-state index in [1.165, 1.54) is 38.0 Å². The zero-order chi connectivity index (χ0) is 19.5. The number of rotatable bonds is 1. The van der Waals surface area contributed by atoms with Gasteiger partial charge in [0, 0.05) is 18.0 Å². The minimum atomic E-state index is 0.963. The van der Waals surface area contributed by atoms with Gasteiger partial charge in [-0.2, -0.15) is 0 Å². The van der Waals surface area contributed by atoms with Crippen molar-refractivity contribution in [3.05, 3.63) is 84.7 Å². The molecule has 2 heterocycles. The number of benzene rings is 4. The molecule has 6 aromatic rings. The minimum absolute atomic E-state index is 0.963. The summed E-state index contributed by atoms with van der Waals surface area (Å²) in [6.45, 7) is 2.13. The van der Waals surface area contributed by atoms with Gasteiger partial charge in [-0.05, 0) is 46.7 Å². The molecule has 0 aliphatic carbocycles. The second-order valence-electron chi connectivity index (χ2n) is 7.76. The van der Waals surface area contributed by atoms with Crippen molar-refractivity contribution in [2.45, 2.75) is 6.92 Å². The lowest BCUT2D eigenvalue weighted by Crippen LogP contribution is -1.92. The van der Waals surface area contributed by atoms with E-state index in [1.807, 2.05) is 0 Å². The Morgan fingerprint density at radius 1 is 0.724 bits per heavy atom. The molecule has 3 nitrogen and oxygen atoms in total. The average molecular weight is 373 g/mol. The van der Waals surface area contributed by atoms with Crippen LogP contribution in [0.15, 0.2) is 79.1 Å². The molecular weight excluding hydrogens is 354 g/mol. The first kappa shape index (κ1) is 16.3.